The van der Waals surface area contributed by atoms with E-state index in [1.807, 2.05) is 0 Å². The molecule has 1 atom stereocenters. The Kier molecular flexibility index (Phi) is 3.70. The van der Waals surface area contributed by atoms with E-state index in [1.165, 1.54) is 12.1 Å². The molecule has 0 saturated heterocycles. The van der Waals surface area contributed by atoms with Crippen LogP contribution in [-0.4, -0.2) is 22.1 Å². The molecule has 0 aliphatic rings. The molecule has 2 N–H and O–H groups in total. The molecule has 6 heteroatoms. The lowest BCUT2D eigenvalue weighted by atomic mass is 10.1. The summed E-state index contributed by atoms with van der Waals surface area (Å²) in [6.45, 7) is 0. The lowest BCUT2D eigenvalue weighted by molar-refractivity contribution is -0.384. The van der Waals surface area contributed by atoms with E-state index in [-0.39, 0.29) is 10.7 Å². The lowest BCUT2D eigenvalue weighted by Gasteiger charge is -2.12. The number of hydrogen-bond donors (Lipinski definition) is 2. The van der Waals surface area contributed by atoms with Crippen LogP contribution in [0.25, 0.3) is 0 Å². The maximum atomic E-state index is 10.4. The summed E-state index contributed by atoms with van der Waals surface area (Å²) in [6, 6.07) is 5.39. The van der Waals surface area contributed by atoms with E-state index in [0.29, 0.717) is 5.56 Å². The van der Waals surface area contributed by atoms with E-state index in [0.717, 1.165) is 0 Å². The highest BCUT2D eigenvalue weighted by atomic mass is 32.1. The average Bonchev–Trinajstić information content (AvgIpc) is 2.19. The van der Waals surface area contributed by atoms with Crippen molar-refractivity contribution in [2.24, 2.45) is 0 Å². The van der Waals surface area contributed by atoms with Crippen LogP contribution in [-0.2, 0) is 0 Å². The van der Waals surface area contributed by atoms with Gasteiger partial charge in [0.25, 0.3) is 5.69 Å². The zero-order chi connectivity index (χ0) is 11.4. The topological polar surface area (TPSA) is 75.4 Å². The minimum atomic E-state index is -0.477. The molecule has 5 nitrogen and oxygen atoms in total. The first kappa shape index (κ1) is 11.5. The van der Waals surface area contributed by atoms with Crippen molar-refractivity contribution in [1.82, 2.24) is 5.32 Å². The Morgan fingerprint density at radius 1 is 1.53 bits per heavy atom. The molecule has 0 bridgehead atoms. The number of aliphatic hydroxyl groups is 1. The summed E-state index contributed by atoms with van der Waals surface area (Å²) < 4.78 is 0. The van der Waals surface area contributed by atoms with Crippen LogP contribution < -0.4 is 5.32 Å². The molecule has 15 heavy (non-hydrogen) atoms. The van der Waals surface area contributed by atoms with Crippen molar-refractivity contribution in [3.05, 3.63) is 39.9 Å². The summed E-state index contributed by atoms with van der Waals surface area (Å²) in [7, 11) is 1.65. The molecule has 0 aliphatic carbocycles. The van der Waals surface area contributed by atoms with Crippen LogP contribution in [0, 0.1) is 10.1 Å². The van der Waals surface area contributed by atoms with Crippen LogP contribution in [0.15, 0.2) is 24.3 Å². The summed E-state index contributed by atoms with van der Waals surface area (Å²) in [4.78, 5) is 9.92. The fourth-order valence-electron chi connectivity index (χ4n) is 1.22. The smallest absolute Gasteiger partial charge is 0.269 e. The van der Waals surface area contributed by atoms with Crippen LogP contribution in [0.3, 0.4) is 0 Å². The Hall–Kier alpha value is -1.53. The zero-order valence-electron chi connectivity index (χ0n) is 8.01. The number of rotatable bonds is 4. The van der Waals surface area contributed by atoms with Crippen molar-refractivity contribution >= 4 is 23.0 Å². The third-order valence-electron chi connectivity index (χ3n) is 1.97. The molecular formula is C9H10N2O3S. The average molecular weight is 226 g/mol. The van der Waals surface area contributed by atoms with Crippen molar-refractivity contribution in [2.45, 2.75) is 6.04 Å². The van der Waals surface area contributed by atoms with Gasteiger partial charge in [0.2, 0.25) is 0 Å². The lowest BCUT2D eigenvalue weighted by Crippen LogP contribution is -2.23. The molecule has 0 spiro atoms. The van der Waals surface area contributed by atoms with E-state index in [9.17, 15) is 15.2 Å². The number of non-ortho nitro benzene ring substituents is 1. The van der Waals surface area contributed by atoms with Crippen molar-refractivity contribution in [1.29, 1.82) is 0 Å². The Labute approximate surface area is 91.9 Å². The molecule has 0 heterocycles. The Bertz CT molecular complexity index is 377. The summed E-state index contributed by atoms with van der Waals surface area (Å²) in [5.74, 6) is 0. The minimum absolute atomic E-state index is 0.0115. The summed E-state index contributed by atoms with van der Waals surface area (Å²) >= 11 is 4.64. The zero-order valence-corrected chi connectivity index (χ0v) is 8.82. The monoisotopic (exact) mass is 226 g/mol. The van der Waals surface area contributed by atoms with Gasteiger partial charge in [0.05, 0.1) is 4.92 Å². The van der Waals surface area contributed by atoms with Gasteiger partial charge in [0.15, 0.2) is 5.05 Å². The molecule has 1 aromatic carbocycles. The molecule has 0 aromatic heterocycles. The highest BCUT2D eigenvalue weighted by Gasteiger charge is 2.14. The molecular weight excluding hydrogens is 216 g/mol. The Morgan fingerprint density at radius 3 is 2.40 bits per heavy atom. The number of benzene rings is 1. The third-order valence-corrected chi connectivity index (χ3v) is 2.21. The number of nitro groups is 1. The van der Waals surface area contributed by atoms with Gasteiger partial charge in [-0.1, -0.05) is 12.1 Å². The third kappa shape index (κ3) is 2.71. The van der Waals surface area contributed by atoms with Crippen LogP contribution in [0.2, 0.25) is 0 Å². The maximum absolute atomic E-state index is 10.4. The van der Waals surface area contributed by atoms with E-state index in [1.54, 1.807) is 19.2 Å². The van der Waals surface area contributed by atoms with E-state index < -0.39 is 11.0 Å². The molecule has 1 unspecified atom stereocenters. The molecule has 0 amide bonds. The number of nitro benzene ring substituents is 1. The molecule has 0 radical (unpaired) electrons. The minimum Gasteiger partial charge on any atom is -0.501 e. The largest absolute Gasteiger partial charge is 0.501 e. The molecule has 0 fully saturated rings. The summed E-state index contributed by atoms with van der Waals surface area (Å²) in [5, 5.41) is 22.2. The predicted octanol–water partition coefficient (Wildman–Crippen LogP) is 1.74. The van der Waals surface area contributed by atoms with E-state index >= 15 is 0 Å². The fourth-order valence-corrected chi connectivity index (χ4v) is 1.48. The second-order valence-corrected chi connectivity index (χ2v) is 3.33. The van der Waals surface area contributed by atoms with Gasteiger partial charge in [-0.3, -0.25) is 10.1 Å². The normalized spacial score (nSPS) is 12.1. The maximum Gasteiger partial charge on any atom is 0.269 e. The molecule has 1 aromatic rings. The standard InChI is InChI=1S/C9H10N2O3S/c1-10-8(9(12)15)6-2-4-7(5-3-6)11(13)14/h2-5,8,10H,1H3,(H,12,15). The van der Waals surface area contributed by atoms with Crippen LogP contribution in [0.1, 0.15) is 11.6 Å². The van der Waals surface area contributed by atoms with Gasteiger partial charge in [-0.05, 0) is 24.8 Å². The van der Waals surface area contributed by atoms with Crippen molar-refractivity contribution in [2.75, 3.05) is 7.05 Å². The van der Waals surface area contributed by atoms with Gasteiger partial charge >= 0.3 is 0 Å². The summed E-state index contributed by atoms with van der Waals surface area (Å²) in [5.41, 5.74) is 0.702. The van der Waals surface area contributed by atoms with Gasteiger partial charge in [0.1, 0.15) is 6.04 Å². The quantitative estimate of drug-likeness (QED) is 0.464. The number of aliphatic hydroxyl groups excluding tert-OH is 1. The van der Waals surface area contributed by atoms with Crippen LogP contribution in [0.5, 0.6) is 0 Å². The first-order valence-electron chi connectivity index (χ1n) is 4.20. The second-order valence-electron chi connectivity index (χ2n) is 2.91. The SMILES string of the molecule is CNC(C(O)=S)c1ccc([N+](=O)[O-])cc1. The predicted molar refractivity (Wildman–Crippen MR) is 60.1 cm³/mol. The molecule has 1 rings (SSSR count). The number of thiocarbonyl (C=S) groups is 1. The van der Waals surface area contributed by atoms with Crippen molar-refractivity contribution in [3.8, 4) is 0 Å². The van der Waals surface area contributed by atoms with Gasteiger partial charge < -0.3 is 10.4 Å². The van der Waals surface area contributed by atoms with Gasteiger partial charge in [-0.2, -0.15) is 0 Å². The highest BCUT2D eigenvalue weighted by molar-refractivity contribution is 7.80. The molecule has 80 valence electrons. The van der Waals surface area contributed by atoms with Gasteiger partial charge in [0, 0.05) is 12.1 Å². The van der Waals surface area contributed by atoms with Crippen LogP contribution in [0.4, 0.5) is 5.69 Å². The van der Waals surface area contributed by atoms with Crippen LogP contribution >= 0.6 is 12.2 Å². The Morgan fingerprint density at radius 2 is 2.07 bits per heavy atom. The van der Waals surface area contributed by atoms with Gasteiger partial charge in [-0.25, -0.2) is 0 Å². The van der Waals surface area contributed by atoms with E-state index in [2.05, 4.69) is 17.5 Å². The van der Waals surface area contributed by atoms with E-state index in [4.69, 9.17) is 0 Å². The highest BCUT2D eigenvalue weighted by Crippen LogP contribution is 2.18. The number of nitrogens with zero attached hydrogens (tertiary/aromatic N) is 1. The Balaban J connectivity index is 2.97. The second kappa shape index (κ2) is 4.81. The van der Waals surface area contributed by atoms with Crippen molar-refractivity contribution in [3.63, 3.8) is 0 Å². The first-order valence-corrected chi connectivity index (χ1v) is 4.61. The number of likely N-dealkylation sites (N-methyl/N-ethyl adjacent to an activating group) is 1. The number of hydrogen-bond acceptors (Lipinski definition) is 4. The van der Waals surface area contributed by atoms with Crippen molar-refractivity contribution < 1.29 is 10.0 Å². The fraction of sp³-hybridized carbons (Fsp3) is 0.222. The molecule has 0 aliphatic heterocycles. The summed E-state index contributed by atoms with van der Waals surface area (Å²) in [6.07, 6.45) is 0. The number of nitrogens with one attached hydrogen (secondary N) is 1. The van der Waals surface area contributed by atoms with Gasteiger partial charge in [-0.15, -0.1) is 0 Å². The molecule has 0 saturated carbocycles. The first-order chi connectivity index (χ1) is 7.06.